The molecule has 0 aliphatic rings. The van der Waals surface area contributed by atoms with Crippen LogP contribution in [0.2, 0.25) is 0 Å². The predicted molar refractivity (Wildman–Crippen MR) is 47.1 cm³/mol. The molecule has 2 heteroatoms. The van der Waals surface area contributed by atoms with Crippen LogP contribution in [0.15, 0.2) is 28.7 Å². The molecule has 64 valence electrons. The molecule has 0 amide bonds. The quantitative estimate of drug-likeness (QED) is 0.508. The monoisotopic (exact) mass is 165 g/mol. The highest BCUT2D eigenvalue weighted by Crippen LogP contribution is 2.22. The third-order valence-corrected chi connectivity index (χ3v) is 1.84. The van der Waals surface area contributed by atoms with E-state index in [0.29, 0.717) is 5.76 Å². The summed E-state index contributed by atoms with van der Waals surface area (Å²) < 4.78 is 12.2. The van der Waals surface area contributed by atoms with Crippen molar-refractivity contribution < 1.29 is 10.6 Å². The van der Waals surface area contributed by atoms with Crippen molar-refractivity contribution in [3.63, 3.8) is 0 Å². The standard InChI is InChI=1S/C10H12O2/c1-7(6-11)9(3)10-5-4-8(2)12-10/h4-6,9H,1H2,2-3H3/i6D. The third kappa shape index (κ3) is 1.64. The maximum absolute atomic E-state index is 10.7. The second-order valence-corrected chi connectivity index (χ2v) is 2.80. The zero-order chi connectivity index (χ0) is 10.0. The van der Waals surface area contributed by atoms with Crippen molar-refractivity contribution in [3.8, 4) is 0 Å². The van der Waals surface area contributed by atoms with Crippen LogP contribution in [0.4, 0.5) is 0 Å². The van der Waals surface area contributed by atoms with E-state index in [2.05, 4.69) is 6.58 Å². The van der Waals surface area contributed by atoms with E-state index in [9.17, 15) is 4.79 Å². The van der Waals surface area contributed by atoms with E-state index in [1.165, 1.54) is 0 Å². The highest BCUT2D eigenvalue weighted by atomic mass is 16.3. The minimum atomic E-state index is -0.735. The maximum Gasteiger partial charge on any atom is 0.146 e. The van der Waals surface area contributed by atoms with Crippen molar-refractivity contribution in [3.05, 3.63) is 35.8 Å². The van der Waals surface area contributed by atoms with Crippen molar-refractivity contribution in [2.45, 2.75) is 19.8 Å². The van der Waals surface area contributed by atoms with Crippen LogP contribution in [0.1, 0.15) is 25.7 Å². The summed E-state index contributed by atoms with van der Waals surface area (Å²) in [5, 5.41) is 0. The first-order valence-corrected chi connectivity index (χ1v) is 3.78. The van der Waals surface area contributed by atoms with Gasteiger partial charge in [-0.3, -0.25) is 4.79 Å². The van der Waals surface area contributed by atoms with Crippen LogP contribution in [0.25, 0.3) is 0 Å². The van der Waals surface area contributed by atoms with Gasteiger partial charge in [0.05, 0.1) is 0 Å². The molecule has 0 N–H and O–H groups in total. The summed E-state index contributed by atoms with van der Waals surface area (Å²) in [5.41, 5.74) is 0.259. The number of hydrogen-bond donors (Lipinski definition) is 0. The van der Waals surface area contributed by atoms with Gasteiger partial charge in [-0.25, -0.2) is 0 Å². The van der Waals surface area contributed by atoms with Gasteiger partial charge in [-0.2, -0.15) is 0 Å². The number of carbonyl (C=O) groups excluding carboxylic acids is 1. The summed E-state index contributed by atoms with van der Waals surface area (Å²) in [6, 6.07) is 3.63. The Hall–Kier alpha value is -1.31. The molecule has 0 fully saturated rings. The molecule has 0 spiro atoms. The normalized spacial score (nSPS) is 13.7. The summed E-state index contributed by atoms with van der Waals surface area (Å²) in [5.74, 6) is 1.27. The molecule has 1 aromatic heterocycles. The van der Waals surface area contributed by atoms with E-state index in [1.807, 2.05) is 13.0 Å². The number of rotatable bonds is 3. The average Bonchev–Trinajstić information content (AvgIpc) is 2.49. The zero-order valence-corrected chi connectivity index (χ0v) is 7.26. The summed E-state index contributed by atoms with van der Waals surface area (Å²) in [6.45, 7) is 7.18. The predicted octanol–water partition coefficient (Wildman–Crippen LogP) is 2.45. The van der Waals surface area contributed by atoms with Crippen LogP contribution in [0.5, 0.6) is 0 Å². The first-order valence-electron chi connectivity index (χ1n) is 4.28. The second-order valence-electron chi connectivity index (χ2n) is 2.80. The van der Waals surface area contributed by atoms with Crippen molar-refractivity contribution in [2.24, 2.45) is 0 Å². The average molecular weight is 165 g/mol. The molecule has 1 rings (SSSR count). The van der Waals surface area contributed by atoms with Gasteiger partial charge in [-0.1, -0.05) is 13.5 Å². The molecular formula is C10H12O2. The molecule has 0 aliphatic carbocycles. The number of allylic oxidation sites excluding steroid dienone is 1. The molecule has 12 heavy (non-hydrogen) atoms. The summed E-state index contributed by atoms with van der Waals surface area (Å²) in [4.78, 5) is 10.7. The second kappa shape index (κ2) is 3.39. The maximum atomic E-state index is 10.7. The molecule has 1 heterocycles. The molecule has 1 unspecified atom stereocenters. The van der Waals surface area contributed by atoms with Crippen LogP contribution >= 0.6 is 0 Å². The smallest absolute Gasteiger partial charge is 0.146 e. The highest BCUT2D eigenvalue weighted by Gasteiger charge is 2.11. The topological polar surface area (TPSA) is 30.2 Å². The number of carbonyl (C=O) groups is 1. The van der Waals surface area contributed by atoms with E-state index in [-0.39, 0.29) is 11.5 Å². The Morgan fingerprint density at radius 1 is 1.83 bits per heavy atom. The molecule has 1 aromatic rings. The Balaban J connectivity index is 2.85. The van der Waals surface area contributed by atoms with Crippen LogP contribution in [0, 0.1) is 6.92 Å². The van der Waals surface area contributed by atoms with E-state index >= 15 is 0 Å². The van der Waals surface area contributed by atoms with Gasteiger partial charge in [0.15, 0.2) is 0 Å². The van der Waals surface area contributed by atoms with Gasteiger partial charge in [0, 0.05) is 5.92 Å². The van der Waals surface area contributed by atoms with E-state index in [0.717, 1.165) is 5.76 Å². The van der Waals surface area contributed by atoms with Gasteiger partial charge in [0.1, 0.15) is 19.2 Å². The fourth-order valence-electron chi connectivity index (χ4n) is 0.946. The van der Waals surface area contributed by atoms with Crippen LogP contribution in [0.3, 0.4) is 0 Å². The van der Waals surface area contributed by atoms with Crippen molar-refractivity contribution in [1.82, 2.24) is 0 Å². The van der Waals surface area contributed by atoms with Gasteiger partial charge in [0.2, 0.25) is 0 Å². The molecule has 0 radical (unpaired) electrons. The highest BCUT2D eigenvalue weighted by molar-refractivity contribution is 5.74. The Morgan fingerprint density at radius 3 is 2.92 bits per heavy atom. The first kappa shape index (κ1) is 7.35. The molecule has 0 saturated carbocycles. The Kier molecular flexibility index (Phi) is 2.08. The van der Waals surface area contributed by atoms with Crippen LogP contribution < -0.4 is 0 Å². The van der Waals surface area contributed by atoms with Crippen LogP contribution in [-0.2, 0) is 4.79 Å². The number of aryl methyl sites for hydroxylation is 1. The minimum absolute atomic E-state index is 0.210. The lowest BCUT2D eigenvalue weighted by Gasteiger charge is -2.04. The Bertz CT molecular complexity index is 338. The first-order chi connectivity index (χ1) is 6.02. The zero-order valence-electron chi connectivity index (χ0n) is 8.26. The Morgan fingerprint density at radius 2 is 2.50 bits per heavy atom. The van der Waals surface area contributed by atoms with Gasteiger partial charge >= 0.3 is 0 Å². The lowest BCUT2D eigenvalue weighted by Crippen LogP contribution is -1.95. The number of aldehydes is 1. The van der Waals surface area contributed by atoms with Crippen molar-refractivity contribution in [2.75, 3.05) is 0 Å². The molecular weight excluding hydrogens is 152 g/mol. The lowest BCUT2D eigenvalue weighted by molar-refractivity contribution is -0.105. The molecule has 0 saturated heterocycles. The molecule has 0 aromatic carbocycles. The molecule has 0 aliphatic heterocycles. The van der Waals surface area contributed by atoms with Gasteiger partial charge < -0.3 is 4.42 Å². The number of furan rings is 1. The van der Waals surface area contributed by atoms with Gasteiger partial charge in [0.25, 0.3) is 0 Å². The van der Waals surface area contributed by atoms with Gasteiger partial charge in [-0.15, -0.1) is 0 Å². The van der Waals surface area contributed by atoms with Crippen LogP contribution in [-0.4, -0.2) is 6.26 Å². The number of hydrogen-bond acceptors (Lipinski definition) is 2. The largest absolute Gasteiger partial charge is 0.466 e. The summed E-state index contributed by atoms with van der Waals surface area (Å²) in [6.07, 6.45) is -0.735. The van der Waals surface area contributed by atoms with E-state index < -0.39 is 6.26 Å². The van der Waals surface area contributed by atoms with Gasteiger partial charge in [-0.05, 0) is 24.6 Å². The van der Waals surface area contributed by atoms with Crippen molar-refractivity contribution in [1.29, 1.82) is 0 Å². The lowest BCUT2D eigenvalue weighted by atomic mass is 10.0. The summed E-state index contributed by atoms with van der Waals surface area (Å²) >= 11 is 0. The Labute approximate surface area is 73.3 Å². The van der Waals surface area contributed by atoms with E-state index in [1.54, 1.807) is 13.0 Å². The minimum Gasteiger partial charge on any atom is -0.466 e. The third-order valence-electron chi connectivity index (χ3n) is 1.84. The fraction of sp³-hybridized carbons (Fsp3) is 0.300. The van der Waals surface area contributed by atoms with Crippen molar-refractivity contribution >= 4 is 6.26 Å². The SMILES string of the molecule is [2H]C(=O)C(=C)C(C)c1ccc(C)o1. The van der Waals surface area contributed by atoms with E-state index in [4.69, 9.17) is 5.79 Å². The molecule has 0 bridgehead atoms. The summed E-state index contributed by atoms with van der Waals surface area (Å²) in [7, 11) is 0. The fourth-order valence-corrected chi connectivity index (χ4v) is 0.946. The molecule has 1 atom stereocenters. The molecule has 2 nitrogen and oxygen atoms in total.